The second-order valence-electron chi connectivity index (χ2n) is 2.60. The SMILES string of the molecule is CC(CC(F)(F)C(F)(F)F)OC(=O)O. The number of carboxylic acid groups (broad SMARTS) is 1. The van der Waals surface area contributed by atoms with Crippen LogP contribution in [0.15, 0.2) is 0 Å². The Balaban J connectivity index is 4.29. The molecule has 1 atom stereocenters. The van der Waals surface area contributed by atoms with Gasteiger partial charge in [0.1, 0.15) is 6.10 Å². The summed E-state index contributed by atoms with van der Waals surface area (Å²) in [7, 11) is 0. The summed E-state index contributed by atoms with van der Waals surface area (Å²) >= 11 is 0. The molecular weight excluding hydrogens is 215 g/mol. The number of alkyl halides is 5. The molecular formula is C6H7F5O3. The van der Waals surface area contributed by atoms with Crippen LogP contribution in [0.4, 0.5) is 26.7 Å². The standard InChI is InChI=1S/C6H7F5O3/c1-3(14-4(12)13)2-5(7,8)6(9,10)11/h3H,2H2,1H3,(H,12,13). The molecule has 3 nitrogen and oxygen atoms in total. The molecule has 84 valence electrons. The number of halogens is 5. The van der Waals surface area contributed by atoms with E-state index in [-0.39, 0.29) is 0 Å². The molecule has 0 aromatic rings. The van der Waals surface area contributed by atoms with E-state index in [1.807, 2.05) is 0 Å². The van der Waals surface area contributed by atoms with Crippen LogP contribution >= 0.6 is 0 Å². The first-order valence-electron chi connectivity index (χ1n) is 3.40. The van der Waals surface area contributed by atoms with Crippen molar-refractivity contribution >= 4 is 6.16 Å². The smallest absolute Gasteiger partial charge is 0.450 e. The number of ether oxygens (including phenoxy) is 1. The van der Waals surface area contributed by atoms with Crippen LogP contribution in [0.2, 0.25) is 0 Å². The summed E-state index contributed by atoms with van der Waals surface area (Å²) in [5, 5.41) is 7.94. The molecule has 0 aliphatic carbocycles. The third kappa shape index (κ3) is 3.75. The minimum Gasteiger partial charge on any atom is -0.450 e. The molecule has 1 unspecified atom stereocenters. The van der Waals surface area contributed by atoms with E-state index in [2.05, 4.69) is 4.74 Å². The number of hydrogen-bond donors (Lipinski definition) is 1. The lowest BCUT2D eigenvalue weighted by Crippen LogP contribution is -2.39. The van der Waals surface area contributed by atoms with Crippen LogP contribution in [0.1, 0.15) is 13.3 Å². The van der Waals surface area contributed by atoms with Crippen molar-refractivity contribution in [2.24, 2.45) is 0 Å². The molecule has 0 fully saturated rings. The van der Waals surface area contributed by atoms with E-state index in [0.717, 1.165) is 6.92 Å². The lowest BCUT2D eigenvalue weighted by Gasteiger charge is -2.22. The Morgan fingerprint density at radius 1 is 1.36 bits per heavy atom. The van der Waals surface area contributed by atoms with Crippen molar-refractivity contribution in [3.8, 4) is 0 Å². The predicted molar refractivity (Wildman–Crippen MR) is 34.2 cm³/mol. The molecule has 0 spiro atoms. The Hall–Kier alpha value is -1.08. The molecule has 0 aromatic carbocycles. The van der Waals surface area contributed by atoms with Gasteiger partial charge in [-0.05, 0) is 6.92 Å². The first kappa shape index (κ1) is 12.9. The number of rotatable bonds is 3. The second kappa shape index (κ2) is 3.97. The molecule has 0 saturated carbocycles. The lowest BCUT2D eigenvalue weighted by atomic mass is 10.1. The van der Waals surface area contributed by atoms with Crippen molar-refractivity contribution in [2.45, 2.75) is 31.5 Å². The molecule has 0 rings (SSSR count). The fraction of sp³-hybridized carbons (Fsp3) is 0.833. The Kier molecular flexibility index (Phi) is 3.66. The van der Waals surface area contributed by atoms with Crippen LogP contribution in [0.5, 0.6) is 0 Å². The lowest BCUT2D eigenvalue weighted by molar-refractivity contribution is -0.289. The van der Waals surface area contributed by atoms with Gasteiger partial charge in [-0.15, -0.1) is 0 Å². The van der Waals surface area contributed by atoms with Gasteiger partial charge in [-0.2, -0.15) is 22.0 Å². The van der Waals surface area contributed by atoms with E-state index < -0.39 is 30.8 Å². The van der Waals surface area contributed by atoms with Crippen molar-refractivity contribution in [1.82, 2.24) is 0 Å². The van der Waals surface area contributed by atoms with Gasteiger partial charge < -0.3 is 9.84 Å². The average Bonchev–Trinajstić information content (AvgIpc) is 1.79. The molecule has 0 heterocycles. The summed E-state index contributed by atoms with van der Waals surface area (Å²) in [5.41, 5.74) is 0. The van der Waals surface area contributed by atoms with Crippen molar-refractivity contribution in [3.05, 3.63) is 0 Å². The van der Waals surface area contributed by atoms with Gasteiger partial charge in [0.05, 0.1) is 6.42 Å². The van der Waals surface area contributed by atoms with E-state index in [1.54, 1.807) is 0 Å². The van der Waals surface area contributed by atoms with Gasteiger partial charge in [0, 0.05) is 0 Å². The Bertz CT molecular complexity index is 212. The summed E-state index contributed by atoms with van der Waals surface area (Å²) in [6.45, 7) is 0.813. The zero-order valence-corrected chi connectivity index (χ0v) is 6.94. The quantitative estimate of drug-likeness (QED) is 0.589. The van der Waals surface area contributed by atoms with Crippen molar-refractivity contribution in [1.29, 1.82) is 0 Å². The summed E-state index contributed by atoms with van der Waals surface area (Å²) in [6.07, 6.45) is -11.0. The van der Waals surface area contributed by atoms with Crippen LogP contribution < -0.4 is 0 Å². The predicted octanol–water partition coefficient (Wildman–Crippen LogP) is 2.66. The molecule has 8 heteroatoms. The van der Waals surface area contributed by atoms with Gasteiger partial charge in [0.15, 0.2) is 0 Å². The van der Waals surface area contributed by atoms with Gasteiger partial charge in [0.2, 0.25) is 0 Å². The van der Waals surface area contributed by atoms with Gasteiger partial charge >= 0.3 is 18.3 Å². The maximum atomic E-state index is 12.2. The van der Waals surface area contributed by atoms with E-state index in [0.29, 0.717) is 0 Å². The normalized spacial score (nSPS) is 15.0. The molecule has 0 aromatic heterocycles. The molecule has 1 N–H and O–H groups in total. The van der Waals surface area contributed by atoms with Gasteiger partial charge in [-0.25, -0.2) is 4.79 Å². The highest BCUT2D eigenvalue weighted by molar-refractivity contribution is 5.57. The molecule has 0 aliphatic heterocycles. The third-order valence-electron chi connectivity index (χ3n) is 1.26. The molecule has 0 amide bonds. The Labute approximate surface area is 75.5 Å². The van der Waals surface area contributed by atoms with Crippen LogP contribution in [-0.2, 0) is 4.74 Å². The summed E-state index contributed by atoms with van der Waals surface area (Å²) in [5.74, 6) is -4.94. The first-order chi connectivity index (χ1) is 6.06. The Morgan fingerprint density at radius 3 is 2.07 bits per heavy atom. The van der Waals surface area contributed by atoms with Crippen LogP contribution in [-0.4, -0.2) is 29.5 Å². The van der Waals surface area contributed by atoms with E-state index in [9.17, 15) is 26.7 Å². The molecule has 0 aliphatic rings. The van der Waals surface area contributed by atoms with Crippen molar-refractivity contribution < 1.29 is 36.6 Å². The van der Waals surface area contributed by atoms with Gasteiger partial charge in [0.25, 0.3) is 0 Å². The third-order valence-corrected chi connectivity index (χ3v) is 1.26. The summed E-state index contributed by atoms with van der Waals surface area (Å²) in [4.78, 5) is 9.80. The van der Waals surface area contributed by atoms with E-state index >= 15 is 0 Å². The molecule has 0 saturated heterocycles. The summed E-state index contributed by atoms with van der Waals surface area (Å²) in [6, 6.07) is 0. The topological polar surface area (TPSA) is 46.5 Å². The Morgan fingerprint density at radius 2 is 1.79 bits per heavy atom. The number of carbonyl (C=O) groups is 1. The van der Waals surface area contributed by atoms with E-state index in [1.165, 1.54) is 0 Å². The minimum atomic E-state index is -5.69. The van der Waals surface area contributed by atoms with Crippen LogP contribution in [0.25, 0.3) is 0 Å². The average molecular weight is 222 g/mol. The fourth-order valence-corrected chi connectivity index (χ4v) is 0.691. The largest absolute Gasteiger partial charge is 0.506 e. The molecule has 14 heavy (non-hydrogen) atoms. The monoisotopic (exact) mass is 222 g/mol. The van der Waals surface area contributed by atoms with Gasteiger partial charge in [-0.3, -0.25) is 0 Å². The second-order valence-corrected chi connectivity index (χ2v) is 2.60. The highest BCUT2D eigenvalue weighted by Gasteiger charge is 2.58. The zero-order valence-electron chi connectivity index (χ0n) is 6.94. The van der Waals surface area contributed by atoms with Crippen LogP contribution in [0, 0.1) is 0 Å². The van der Waals surface area contributed by atoms with Gasteiger partial charge in [-0.1, -0.05) is 0 Å². The zero-order chi connectivity index (χ0) is 11.6. The first-order valence-corrected chi connectivity index (χ1v) is 3.40. The number of hydrogen-bond acceptors (Lipinski definition) is 2. The molecule has 0 radical (unpaired) electrons. The van der Waals surface area contributed by atoms with Crippen LogP contribution in [0.3, 0.4) is 0 Å². The summed E-state index contributed by atoms with van der Waals surface area (Å²) < 4.78 is 62.9. The van der Waals surface area contributed by atoms with E-state index in [4.69, 9.17) is 5.11 Å². The maximum Gasteiger partial charge on any atom is 0.506 e. The maximum absolute atomic E-state index is 12.2. The van der Waals surface area contributed by atoms with Crippen molar-refractivity contribution in [2.75, 3.05) is 0 Å². The highest BCUT2D eigenvalue weighted by atomic mass is 19.4. The minimum absolute atomic E-state index is 0.813. The fourth-order valence-electron chi connectivity index (χ4n) is 0.691. The van der Waals surface area contributed by atoms with Crippen molar-refractivity contribution in [3.63, 3.8) is 0 Å². The molecule has 0 bridgehead atoms. The highest BCUT2D eigenvalue weighted by Crippen LogP contribution is 2.39.